The second kappa shape index (κ2) is 6.54. The topological polar surface area (TPSA) is 75.4 Å². The van der Waals surface area contributed by atoms with Crippen LogP contribution in [0.3, 0.4) is 0 Å². The number of benzene rings is 1. The molecule has 5 nitrogen and oxygen atoms in total. The second-order valence-electron chi connectivity index (χ2n) is 5.41. The van der Waals surface area contributed by atoms with Crippen molar-refractivity contribution in [3.8, 4) is 0 Å². The summed E-state index contributed by atoms with van der Waals surface area (Å²) >= 11 is 3.32. The maximum Gasteiger partial charge on any atom is 0.270 e. The number of nitro groups is 1. The van der Waals surface area contributed by atoms with Crippen LogP contribution >= 0.6 is 15.9 Å². The van der Waals surface area contributed by atoms with Crippen molar-refractivity contribution in [3.63, 3.8) is 0 Å². The Hall–Kier alpha value is -1.14. The van der Waals surface area contributed by atoms with Gasteiger partial charge < -0.3 is 10.4 Å². The number of non-ortho nitro benzene ring substituents is 1. The minimum absolute atomic E-state index is 0.0515. The molecule has 0 saturated heterocycles. The van der Waals surface area contributed by atoms with Gasteiger partial charge in [0.15, 0.2) is 0 Å². The van der Waals surface area contributed by atoms with Gasteiger partial charge in [-0.05, 0) is 34.8 Å². The first-order valence-electron chi connectivity index (χ1n) is 6.90. The van der Waals surface area contributed by atoms with Crippen LogP contribution in [0.4, 0.5) is 11.4 Å². The van der Waals surface area contributed by atoms with Crippen LogP contribution in [0.5, 0.6) is 0 Å². The van der Waals surface area contributed by atoms with Gasteiger partial charge in [0.05, 0.1) is 10.5 Å². The van der Waals surface area contributed by atoms with Crippen molar-refractivity contribution in [1.29, 1.82) is 0 Å². The smallest absolute Gasteiger partial charge is 0.270 e. The van der Waals surface area contributed by atoms with Gasteiger partial charge in [-0.3, -0.25) is 10.1 Å². The summed E-state index contributed by atoms with van der Waals surface area (Å²) in [5, 5.41) is 24.4. The van der Waals surface area contributed by atoms with Crippen molar-refractivity contribution in [2.45, 2.75) is 44.1 Å². The Morgan fingerprint density at radius 1 is 1.30 bits per heavy atom. The van der Waals surface area contributed by atoms with Crippen LogP contribution in [0.15, 0.2) is 22.7 Å². The minimum atomic E-state index is -0.669. The largest absolute Gasteiger partial charge is 0.388 e. The van der Waals surface area contributed by atoms with Gasteiger partial charge in [-0.15, -0.1) is 0 Å². The Kier molecular flexibility index (Phi) is 4.99. The van der Waals surface area contributed by atoms with Crippen LogP contribution in [-0.2, 0) is 0 Å². The highest BCUT2D eigenvalue weighted by Gasteiger charge is 2.27. The molecule has 0 heterocycles. The first-order valence-corrected chi connectivity index (χ1v) is 7.70. The van der Waals surface area contributed by atoms with Gasteiger partial charge in [-0.2, -0.15) is 0 Å². The summed E-state index contributed by atoms with van der Waals surface area (Å²) in [6.45, 7) is 0.476. The SMILES string of the molecule is O=[N+]([O-])c1ccc(NCC2(O)CCCCCC2)c(Br)c1. The van der Waals surface area contributed by atoms with Crippen molar-refractivity contribution in [3.05, 3.63) is 32.8 Å². The molecule has 0 spiro atoms. The first kappa shape index (κ1) is 15.3. The van der Waals surface area contributed by atoms with E-state index in [0.717, 1.165) is 31.4 Å². The Labute approximate surface area is 126 Å². The van der Waals surface area contributed by atoms with Crippen molar-refractivity contribution >= 4 is 27.3 Å². The zero-order valence-electron chi connectivity index (χ0n) is 11.3. The average Bonchev–Trinajstić information content (AvgIpc) is 2.62. The molecule has 1 aromatic carbocycles. The third-order valence-electron chi connectivity index (χ3n) is 3.81. The molecule has 20 heavy (non-hydrogen) atoms. The number of nitro benzene ring substituents is 1. The highest BCUT2D eigenvalue weighted by molar-refractivity contribution is 9.10. The predicted molar refractivity (Wildman–Crippen MR) is 81.9 cm³/mol. The average molecular weight is 343 g/mol. The molecule has 1 aliphatic carbocycles. The van der Waals surface area contributed by atoms with Crippen LogP contribution in [0.25, 0.3) is 0 Å². The molecular weight excluding hydrogens is 324 g/mol. The van der Waals surface area contributed by atoms with Crippen molar-refractivity contribution < 1.29 is 10.0 Å². The number of nitrogens with zero attached hydrogens (tertiary/aromatic N) is 1. The van der Waals surface area contributed by atoms with Crippen LogP contribution in [0.1, 0.15) is 38.5 Å². The van der Waals surface area contributed by atoms with E-state index in [2.05, 4.69) is 21.2 Å². The van der Waals surface area contributed by atoms with E-state index in [4.69, 9.17) is 0 Å². The highest BCUT2D eigenvalue weighted by Crippen LogP contribution is 2.30. The van der Waals surface area contributed by atoms with Gasteiger partial charge in [-0.25, -0.2) is 0 Å². The summed E-state index contributed by atoms with van der Waals surface area (Å²) in [4.78, 5) is 10.3. The summed E-state index contributed by atoms with van der Waals surface area (Å²) in [5.74, 6) is 0. The minimum Gasteiger partial charge on any atom is -0.388 e. The lowest BCUT2D eigenvalue weighted by Gasteiger charge is -2.27. The lowest BCUT2D eigenvalue weighted by atomic mass is 9.94. The summed E-state index contributed by atoms with van der Waals surface area (Å²) < 4.78 is 0.643. The number of anilines is 1. The molecule has 0 radical (unpaired) electrons. The lowest BCUT2D eigenvalue weighted by molar-refractivity contribution is -0.384. The number of hydrogen-bond acceptors (Lipinski definition) is 4. The molecule has 0 unspecified atom stereocenters. The van der Waals surface area contributed by atoms with Gasteiger partial charge >= 0.3 is 0 Å². The third-order valence-corrected chi connectivity index (χ3v) is 4.46. The fraction of sp³-hybridized carbons (Fsp3) is 0.571. The number of halogens is 1. The quantitative estimate of drug-likeness (QED) is 0.495. The first-order chi connectivity index (χ1) is 9.50. The van der Waals surface area contributed by atoms with Gasteiger partial charge in [0, 0.05) is 28.8 Å². The van der Waals surface area contributed by atoms with E-state index in [1.807, 2.05) is 0 Å². The van der Waals surface area contributed by atoms with Gasteiger partial charge in [0.25, 0.3) is 5.69 Å². The van der Waals surface area contributed by atoms with E-state index in [1.54, 1.807) is 6.07 Å². The molecule has 1 aromatic rings. The highest BCUT2D eigenvalue weighted by atomic mass is 79.9. The number of aliphatic hydroxyl groups is 1. The van der Waals surface area contributed by atoms with Crippen LogP contribution in [-0.4, -0.2) is 22.2 Å². The van der Waals surface area contributed by atoms with Crippen LogP contribution < -0.4 is 5.32 Å². The van der Waals surface area contributed by atoms with E-state index in [0.29, 0.717) is 11.0 Å². The molecule has 0 aliphatic heterocycles. The van der Waals surface area contributed by atoms with Gasteiger partial charge in [-0.1, -0.05) is 25.7 Å². The lowest BCUT2D eigenvalue weighted by Crippen LogP contribution is -2.36. The maximum atomic E-state index is 10.7. The van der Waals surface area contributed by atoms with E-state index in [1.165, 1.54) is 25.0 Å². The Morgan fingerprint density at radius 2 is 1.95 bits per heavy atom. The molecule has 0 amide bonds. The van der Waals surface area contributed by atoms with Gasteiger partial charge in [0.1, 0.15) is 0 Å². The van der Waals surface area contributed by atoms with Crippen molar-refractivity contribution in [2.75, 3.05) is 11.9 Å². The molecule has 2 N–H and O–H groups in total. The summed E-state index contributed by atoms with van der Waals surface area (Å²) in [7, 11) is 0. The molecule has 1 saturated carbocycles. The van der Waals surface area contributed by atoms with E-state index >= 15 is 0 Å². The Balaban J connectivity index is 2.01. The molecule has 1 fully saturated rings. The van der Waals surface area contributed by atoms with E-state index < -0.39 is 10.5 Å². The Bertz CT molecular complexity index is 485. The zero-order valence-corrected chi connectivity index (χ0v) is 12.9. The fourth-order valence-corrected chi connectivity index (χ4v) is 3.09. The second-order valence-corrected chi connectivity index (χ2v) is 6.27. The maximum absolute atomic E-state index is 10.7. The molecule has 0 atom stereocenters. The number of rotatable bonds is 4. The Morgan fingerprint density at radius 3 is 2.50 bits per heavy atom. The number of hydrogen-bond donors (Lipinski definition) is 2. The van der Waals surface area contributed by atoms with Crippen molar-refractivity contribution in [1.82, 2.24) is 0 Å². The molecule has 1 aliphatic rings. The summed E-state index contributed by atoms with van der Waals surface area (Å²) in [5.41, 5.74) is 0.154. The zero-order chi connectivity index (χ0) is 14.6. The number of nitrogens with one attached hydrogen (secondary N) is 1. The summed E-state index contributed by atoms with van der Waals surface area (Å²) in [6.07, 6.45) is 6.10. The molecule has 2 rings (SSSR count). The molecule has 0 bridgehead atoms. The molecule has 6 heteroatoms. The van der Waals surface area contributed by atoms with E-state index in [9.17, 15) is 15.2 Å². The standard InChI is InChI=1S/C14H19BrN2O3/c15-12-9-11(17(19)20)5-6-13(12)16-10-14(18)7-3-1-2-4-8-14/h5-6,9,16,18H,1-4,7-8,10H2. The monoisotopic (exact) mass is 342 g/mol. The van der Waals surface area contributed by atoms with E-state index in [-0.39, 0.29) is 5.69 Å². The molecule has 0 aromatic heterocycles. The molecular formula is C14H19BrN2O3. The third kappa shape index (κ3) is 3.93. The van der Waals surface area contributed by atoms with Crippen molar-refractivity contribution in [2.24, 2.45) is 0 Å². The molecule has 110 valence electrons. The van der Waals surface area contributed by atoms with Crippen LogP contribution in [0.2, 0.25) is 0 Å². The van der Waals surface area contributed by atoms with Crippen LogP contribution in [0, 0.1) is 10.1 Å². The predicted octanol–water partition coefficient (Wildman–Crippen LogP) is 3.85. The van der Waals surface area contributed by atoms with Gasteiger partial charge in [0.2, 0.25) is 0 Å². The summed E-state index contributed by atoms with van der Waals surface area (Å²) in [6, 6.07) is 4.60. The fourth-order valence-electron chi connectivity index (χ4n) is 2.58. The normalized spacial score (nSPS) is 18.3.